The Morgan fingerprint density at radius 1 is 0.459 bits per heavy atom. The number of aromatic nitrogens is 8. The number of aromatic amines is 2. The SMILES string of the molecule is CCC[CH2][Sn]([CH2]CCC)([CH2]CCC)[CH2]c1ccccc1.CCC[CH2][Sn]([CH2]CCC)([CH2]CCC)[CH2]c1ccccc1.N#Cc1c(=O)[nH]c2ccc(Cl)cc2[n+]1O.N#Cc1nc2cc(Cl)ccc2nc1Br.N#Cc1nc2cc(Cl)ccc2nc1Cc1ccccc1.O=c1c[n+](O)c2cc(Cl)ccc2[nH]1.[Br-].[CH2-]c1ccccc1.[Mg+2]. The maximum absolute atomic E-state index is 11.3. The summed E-state index contributed by atoms with van der Waals surface area (Å²) in [6.07, 6.45) is 18.8. The fraction of sp³-hybridized carbons (Fsp3) is 0.310. The van der Waals surface area contributed by atoms with Crippen molar-refractivity contribution in [2.75, 3.05) is 0 Å². The molecular weight excluding hydrogens is 1830 g/mol. The minimum atomic E-state index is -1.95. The van der Waals surface area contributed by atoms with Gasteiger partial charge in [0.25, 0.3) is 17.2 Å². The first-order valence-corrected chi connectivity index (χ1v) is 55.8. The monoisotopic (exact) mass is 1920 g/mol. The second kappa shape index (κ2) is 52.5. The van der Waals surface area contributed by atoms with E-state index in [9.17, 15) is 25.3 Å². The molecule has 4 N–H and O–H groups in total. The van der Waals surface area contributed by atoms with Gasteiger partial charge in [0, 0.05) is 48.1 Å². The van der Waals surface area contributed by atoms with E-state index in [1.807, 2.05) is 72.8 Å². The predicted molar refractivity (Wildman–Crippen MR) is 461 cm³/mol. The van der Waals surface area contributed by atoms with Crippen LogP contribution in [0.25, 0.3) is 44.1 Å². The van der Waals surface area contributed by atoms with Crippen molar-refractivity contribution in [1.82, 2.24) is 29.9 Å². The van der Waals surface area contributed by atoms with Crippen molar-refractivity contribution in [3.05, 3.63) is 298 Å². The van der Waals surface area contributed by atoms with E-state index in [1.54, 1.807) is 104 Å². The average molecular weight is 1930 g/mol. The maximum atomic E-state index is 11.3. The van der Waals surface area contributed by atoms with Gasteiger partial charge in [-0.05, 0) is 82.2 Å². The number of halogens is 6. The number of hydrogen-bond acceptors (Lipinski definition) is 11. The van der Waals surface area contributed by atoms with Crippen LogP contribution in [-0.4, -0.2) is 100 Å². The molecule has 15 nitrogen and oxygen atoms in total. The molecule has 12 aromatic rings. The number of rotatable bonds is 24. The number of fused-ring (bicyclic) bond motifs is 4. The molecule has 0 bridgehead atoms. The van der Waals surface area contributed by atoms with Gasteiger partial charge in [-0.25, -0.2) is 19.9 Å². The van der Waals surface area contributed by atoms with Crippen LogP contribution < -0.4 is 37.6 Å². The van der Waals surface area contributed by atoms with Crippen molar-refractivity contribution < 1.29 is 36.9 Å². The molecule has 0 spiro atoms. The van der Waals surface area contributed by atoms with Gasteiger partial charge in [0.05, 0.1) is 27.8 Å². The van der Waals surface area contributed by atoms with Gasteiger partial charge in [-0.15, -0.1) is 12.1 Å². The molecule has 0 saturated carbocycles. The number of hydrogen-bond donors (Lipinski definition) is 4. The zero-order chi connectivity index (χ0) is 79.0. The molecule has 0 saturated heterocycles. The molecule has 0 fully saturated rings. The Balaban J connectivity index is 0.000000277. The van der Waals surface area contributed by atoms with Crippen LogP contribution in [0.15, 0.2) is 215 Å². The van der Waals surface area contributed by atoms with Crippen LogP contribution in [-0.2, 0) is 15.3 Å². The molecule has 111 heavy (non-hydrogen) atoms. The zero-order valence-corrected chi connectivity index (χ0v) is 77.6. The molecule has 576 valence electrons. The van der Waals surface area contributed by atoms with Gasteiger partial charge in [0.1, 0.15) is 27.8 Å². The number of nitrogens with one attached hydrogen (secondary N) is 2. The fourth-order valence-electron chi connectivity index (χ4n) is 12.7. The Kier molecular flexibility index (Phi) is 45.7. The van der Waals surface area contributed by atoms with E-state index >= 15 is 0 Å². The van der Waals surface area contributed by atoms with E-state index in [1.165, 1.54) is 92.0 Å². The van der Waals surface area contributed by atoms with Crippen LogP contribution in [0.4, 0.5) is 0 Å². The Bertz CT molecular complexity index is 4950. The second-order valence-electron chi connectivity index (χ2n) is 27.0. The van der Waals surface area contributed by atoms with Crippen molar-refractivity contribution in [2.24, 2.45) is 0 Å². The summed E-state index contributed by atoms with van der Waals surface area (Å²) in [6, 6.07) is 68.0. The van der Waals surface area contributed by atoms with Crippen molar-refractivity contribution in [1.29, 1.82) is 15.8 Å². The van der Waals surface area contributed by atoms with Crippen molar-refractivity contribution in [3.63, 3.8) is 0 Å². The van der Waals surface area contributed by atoms with Crippen LogP contribution in [0.1, 0.15) is 164 Å². The molecule has 0 radical (unpaired) electrons. The Morgan fingerprint density at radius 3 is 1.23 bits per heavy atom. The first-order valence-electron chi connectivity index (χ1n) is 37.4. The standard InChI is InChI=1S/C16H10ClN3.C9H3BrClN3.C9H4ClN3O2.C8H5ClN2O2.3C7H7.6C4H9.BrH.Mg.2Sn/c17-12-6-7-13-15(9-12)20-16(10-18)14(19-13)8-11-4-2-1-3-5-11;10-9-8(4-12)13-7-3-5(11)1-2-6(7)14-9;10-5-1-2-6-7(3-5)13(15)8(4-11)9(14)12-6;9-5-1-2-6-7(3-5)11(13)4-8(12)10-6;3*1-7-5-3-2-4-6-7;6*1-3-4-2;;;;/h1-7,9H,8H2;1-3H;1-3H,(H-,12,14,15);1-4H,(H-,10,12,13);3*2-6H,1H2;6*1,3-4H2,2H3;1H;;;/q;;;;;;-1;;;;;;;;+2;;/p+1. The average Bonchev–Trinajstić information content (AvgIpc) is 0.789. The number of H-pyrrole nitrogens is 2. The van der Waals surface area contributed by atoms with E-state index in [4.69, 9.17) is 56.9 Å². The van der Waals surface area contributed by atoms with E-state index in [0.717, 1.165) is 27.6 Å². The van der Waals surface area contributed by atoms with Crippen molar-refractivity contribution >= 4 is 166 Å². The molecule has 0 aliphatic rings. The molecule has 0 aliphatic carbocycles. The molecule has 4 heterocycles. The largest absolute Gasteiger partial charge is 2.00 e. The minimum Gasteiger partial charge on any atom is -1.00 e. The number of benzene rings is 8. The molecule has 4 aromatic heterocycles. The molecule has 12 rings (SSSR count). The quantitative estimate of drug-likeness (QED) is 0.0192. The number of nitrogens with zero attached hydrogens (tertiary/aromatic N) is 9. The summed E-state index contributed by atoms with van der Waals surface area (Å²) in [4.78, 5) is 44.4. The third-order valence-electron chi connectivity index (χ3n) is 18.4. The van der Waals surface area contributed by atoms with Crippen LogP contribution >= 0.6 is 62.3 Å². The topological polar surface area (TPSA) is 237 Å². The molecule has 0 amide bonds. The van der Waals surface area contributed by atoms with E-state index in [2.05, 4.69) is 161 Å². The summed E-state index contributed by atoms with van der Waals surface area (Å²) >= 11 is 22.4. The number of unbranched alkanes of at least 4 members (excludes halogenated alkanes) is 6. The van der Waals surface area contributed by atoms with E-state index in [-0.39, 0.29) is 62.5 Å². The van der Waals surface area contributed by atoms with Gasteiger partial charge in [0.15, 0.2) is 17.5 Å². The maximum Gasteiger partial charge on any atom is 2.00 e. The molecule has 24 heteroatoms. The molecule has 0 unspecified atom stereocenters. The first kappa shape index (κ1) is 96.5. The first-order chi connectivity index (χ1) is 52.7. The summed E-state index contributed by atoms with van der Waals surface area (Å²) in [5.41, 5.74) is 9.76. The Morgan fingerprint density at radius 2 is 0.829 bits per heavy atom. The van der Waals surface area contributed by atoms with Crippen LogP contribution in [0.3, 0.4) is 0 Å². The fourth-order valence-corrected chi connectivity index (χ4v) is 46.2. The smallest absolute Gasteiger partial charge is 1.00 e. The van der Waals surface area contributed by atoms with Gasteiger partial charge in [-0.1, -0.05) is 82.8 Å². The van der Waals surface area contributed by atoms with Gasteiger partial charge in [-0.2, -0.15) is 40.4 Å². The van der Waals surface area contributed by atoms with E-state index in [0.29, 0.717) is 80.3 Å². The summed E-state index contributed by atoms with van der Waals surface area (Å²) in [6.45, 7) is 17.9. The van der Waals surface area contributed by atoms with Gasteiger partial charge in [0.2, 0.25) is 0 Å². The summed E-state index contributed by atoms with van der Waals surface area (Å²) in [7, 11) is 0. The molecule has 0 aliphatic heterocycles. The van der Waals surface area contributed by atoms with Gasteiger partial charge < -0.3 is 26.9 Å². The van der Waals surface area contributed by atoms with E-state index < -0.39 is 42.3 Å². The summed E-state index contributed by atoms with van der Waals surface area (Å²) < 4.78 is 14.5. The zero-order valence-electron chi connectivity index (χ0n) is 64.3. The second-order valence-corrected chi connectivity index (χ2v) is 57.2. The van der Waals surface area contributed by atoms with Crippen LogP contribution in [0.2, 0.25) is 46.7 Å². The van der Waals surface area contributed by atoms with Gasteiger partial charge >= 0.3 is 302 Å². The minimum absolute atomic E-state index is 0. The van der Waals surface area contributed by atoms with Gasteiger partial charge in [-0.3, -0.25) is 20.0 Å². The summed E-state index contributed by atoms with van der Waals surface area (Å²) in [5, 5.41) is 47.6. The molecule has 0 atom stereocenters. The van der Waals surface area contributed by atoms with Crippen molar-refractivity contribution in [3.8, 4) is 18.2 Å². The van der Waals surface area contributed by atoms with Crippen LogP contribution in [0, 0.1) is 40.9 Å². The summed E-state index contributed by atoms with van der Waals surface area (Å²) in [5.74, 6) is 0. The molecular formula is C87H99Br2Cl4MgN11O4Sn2+2. The third kappa shape index (κ3) is 32.9. The third-order valence-corrected chi connectivity index (χ3v) is 50.8. The Hall–Kier alpha value is -6.86. The Labute approximate surface area is 717 Å². The normalized spacial score (nSPS) is 10.5. The molecule has 8 aromatic carbocycles. The van der Waals surface area contributed by atoms with Crippen LogP contribution in [0.5, 0.6) is 0 Å². The predicted octanol–water partition coefficient (Wildman–Crippen LogP) is 19.7. The van der Waals surface area contributed by atoms with Crippen molar-refractivity contribution in [2.45, 2.75) is 161 Å². The number of nitriles is 3.